The van der Waals surface area contributed by atoms with Crippen LogP contribution in [0.2, 0.25) is 0 Å². The fraction of sp³-hybridized carbons (Fsp3) is 0.440. The zero-order valence-corrected chi connectivity index (χ0v) is 20.4. The van der Waals surface area contributed by atoms with Crippen molar-refractivity contribution in [2.75, 3.05) is 44.7 Å². The Morgan fingerprint density at radius 3 is 2.53 bits per heavy atom. The SMILES string of the molecule is CCN1CC(CN(C)C(=O)C2CCN(S(=O)(=O)c3ccccc3C#N)CC2)Oc2ccccc21. The number of fused-ring (bicyclic) bond motifs is 1. The van der Waals surface area contributed by atoms with E-state index in [1.54, 1.807) is 24.1 Å². The molecule has 2 heterocycles. The monoisotopic (exact) mass is 482 g/mol. The molecule has 1 atom stereocenters. The Balaban J connectivity index is 1.36. The smallest absolute Gasteiger partial charge is 0.244 e. The van der Waals surface area contributed by atoms with Gasteiger partial charge in [-0.2, -0.15) is 9.57 Å². The molecule has 34 heavy (non-hydrogen) atoms. The maximum Gasteiger partial charge on any atom is 0.244 e. The average Bonchev–Trinajstić information content (AvgIpc) is 2.87. The van der Waals surface area contributed by atoms with Gasteiger partial charge in [-0.15, -0.1) is 0 Å². The summed E-state index contributed by atoms with van der Waals surface area (Å²) in [7, 11) is -1.99. The molecule has 4 rings (SSSR count). The van der Waals surface area contributed by atoms with Crippen LogP contribution in [0.5, 0.6) is 5.75 Å². The highest BCUT2D eigenvalue weighted by Crippen LogP contribution is 2.33. The molecule has 2 aliphatic heterocycles. The minimum atomic E-state index is -3.77. The third-order valence-electron chi connectivity index (χ3n) is 6.59. The number of para-hydroxylation sites is 2. The minimum absolute atomic E-state index is 0.0139. The largest absolute Gasteiger partial charge is 0.485 e. The van der Waals surface area contributed by atoms with E-state index >= 15 is 0 Å². The van der Waals surface area contributed by atoms with Crippen molar-refractivity contribution in [3.05, 3.63) is 54.1 Å². The van der Waals surface area contributed by atoms with Crippen molar-refractivity contribution in [3.63, 3.8) is 0 Å². The number of amides is 1. The Labute approximate surface area is 201 Å². The Morgan fingerprint density at radius 1 is 1.15 bits per heavy atom. The molecule has 8 nitrogen and oxygen atoms in total. The van der Waals surface area contributed by atoms with Gasteiger partial charge in [0.15, 0.2) is 0 Å². The van der Waals surface area contributed by atoms with Crippen LogP contribution >= 0.6 is 0 Å². The Kier molecular flexibility index (Phi) is 7.10. The van der Waals surface area contributed by atoms with E-state index in [0.717, 1.165) is 18.0 Å². The van der Waals surface area contributed by atoms with Gasteiger partial charge >= 0.3 is 0 Å². The predicted octanol–water partition coefficient (Wildman–Crippen LogP) is 2.70. The van der Waals surface area contributed by atoms with E-state index in [0.29, 0.717) is 25.9 Å². The van der Waals surface area contributed by atoms with Crippen LogP contribution in [-0.4, -0.2) is 69.4 Å². The number of nitrogens with zero attached hydrogens (tertiary/aromatic N) is 4. The van der Waals surface area contributed by atoms with Crippen molar-refractivity contribution in [2.45, 2.75) is 30.8 Å². The number of piperidine rings is 1. The normalized spacial score (nSPS) is 19.1. The lowest BCUT2D eigenvalue weighted by Crippen LogP contribution is -2.49. The van der Waals surface area contributed by atoms with Crippen LogP contribution in [0.1, 0.15) is 25.3 Å². The van der Waals surface area contributed by atoms with Crippen LogP contribution in [0.15, 0.2) is 53.4 Å². The molecule has 2 aromatic rings. The standard InChI is InChI=1S/C25H30N4O4S/c1-3-28-18-21(33-23-10-6-5-9-22(23)28)17-27(2)25(30)19-12-14-29(15-13-19)34(31,32)24-11-7-4-8-20(24)16-26/h4-11,19,21H,3,12-15,17-18H2,1-2H3. The molecule has 1 fully saturated rings. The molecule has 180 valence electrons. The molecule has 1 saturated heterocycles. The summed E-state index contributed by atoms with van der Waals surface area (Å²) in [6.45, 7) is 4.64. The second-order valence-corrected chi connectivity index (χ2v) is 10.7. The number of ether oxygens (including phenoxy) is 1. The number of rotatable bonds is 6. The molecular weight excluding hydrogens is 452 g/mol. The number of sulfonamides is 1. The topological polar surface area (TPSA) is 94.0 Å². The molecule has 0 spiro atoms. The number of nitriles is 1. The fourth-order valence-corrected chi connectivity index (χ4v) is 6.36. The van der Waals surface area contributed by atoms with Gasteiger partial charge in [0.1, 0.15) is 17.9 Å². The summed E-state index contributed by atoms with van der Waals surface area (Å²) < 4.78 is 33.7. The number of hydrogen-bond donors (Lipinski definition) is 0. The van der Waals surface area contributed by atoms with Crippen molar-refractivity contribution < 1.29 is 17.9 Å². The van der Waals surface area contributed by atoms with Gasteiger partial charge in [-0.1, -0.05) is 24.3 Å². The first kappa shape index (κ1) is 24.0. The Morgan fingerprint density at radius 2 is 1.82 bits per heavy atom. The molecule has 0 radical (unpaired) electrons. The van der Waals surface area contributed by atoms with Gasteiger partial charge in [0.2, 0.25) is 15.9 Å². The Bertz CT molecular complexity index is 1190. The summed E-state index contributed by atoms with van der Waals surface area (Å²) in [6, 6.07) is 16.1. The third-order valence-corrected chi connectivity index (χ3v) is 8.54. The molecular formula is C25H30N4O4S. The lowest BCUT2D eigenvalue weighted by molar-refractivity contribution is -0.136. The van der Waals surface area contributed by atoms with Crippen LogP contribution in [0, 0.1) is 17.2 Å². The van der Waals surface area contributed by atoms with Gasteiger partial charge in [0.05, 0.1) is 29.2 Å². The summed E-state index contributed by atoms with van der Waals surface area (Å²) in [5, 5.41) is 9.28. The van der Waals surface area contributed by atoms with Crippen molar-refractivity contribution in [3.8, 4) is 11.8 Å². The first-order valence-electron chi connectivity index (χ1n) is 11.6. The lowest BCUT2D eigenvalue weighted by Gasteiger charge is -2.38. The molecule has 9 heteroatoms. The van der Waals surface area contributed by atoms with Crippen LogP contribution in [0.25, 0.3) is 0 Å². The molecule has 0 N–H and O–H groups in total. The van der Waals surface area contributed by atoms with Crippen molar-refractivity contribution in [1.29, 1.82) is 5.26 Å². The number of benzene rings is 2. The number of carbonyl (C=O) groups excluding carboxylic acids is 1. The van der Waals surface area contributed by atoms with E-state index in [4.69, 9.17) is 4.74 Å². The van der Waals surface area contributed by atoms with Gasteiger partial charge in [-0.3, -0.25) is 4.79 Å². The zero-order chi connectivity index (χ0) is 24.3. The number of carbonyl (C=O) groups is 1. The summed E-state index contributed by atoms with van der Waals surface area (Å²) in [5.41, 5.74) is 1.21. The molecule has 1 unspecified atom stereocenters. The van der Waals surface area contributed by atoms with Crippen molar-refractivity contribution in [2.24, 2.45) is 5.92 Å². The highest BCUT2D eigenvalue weighted by atomic mass is 32.2. The van der Waals surface area contributed by atoms with E-state index in [2.05, 4.69) is 11.8 Å². The first-order valence-corrected chi connectivity index (χ1v) is 13.0. The van der Waals surface area contributed by atoms with E-state index in [1.165, 1.54) is 16.4 Å². The summed E-state index contributed by atoms with van der Waals surface area (Å²) in [6.07, 6.45) is 0.769. The van der Waals surface area contributed by atoms with Gasteiger partial charge < -0.3 is 14.5 Å². The van der Waals surface area contributed by atoms with E-state index in [9.17, 15) is 18.5 Å². The molecule has 0 aromatic heterocycles. The van der Waals surface area contributed by atoms with Crippen LogP contribution in [-0.2, 0) is 14.8 Å². The van der Waals surface area contributed by atoms with Gasteiger partial charge in [-0.25, -0.2) is 8.42 Å². The summed E-state index contributed by atoms with van der Waals surface area (Å²) in [5.74, 6) is 0.610. The molecule has 0 aliphatic carbocycles. The number of likely N-dealkylation sites (N-methyl/N-ethyl adjacent to an activating group) is 2. The molecule has 2 aromatic carbocycles. The molecule has 1 amide bonds. The number of anilines is 1. The minimum Gasteiger partial charge on any atom is -0.485 e. The lowest BCUT2D eigenvalue weighted by atomic mass is 9.96. The predicted molar refractivity (Wildman–Crippen MR) is 129 cm³/mol. The highest BCUT2D eigenvalue weighted by molar-refractivity contribution is 7.89. The van der Waals surface area contributed by atoms with Crippen molar-refractivity contribution in [1.82, 2.24) is 9.21 Å². The summed E-state index contributed by atoms with van der Waals surface area (Å²) in [4.78, 5) is 17.1. The van der Waals surface area contributed by atoms with Gasteiger partial charge in [0.25, 0.3) is 0 Å². The summed E-state index contributed by atoms with van der Waals surface area (Å²) >= 11 is 0. The molecule has 2 aliphatic rings. The van der Waals surface area contributed by atoms with E-state index < -0.39 is 10.0 Å². The second-order valence-electron chi connectivity index (χ2n) is 8.75. The quantitative estimate of drug-likeness (QED) is 0.629. The Hall–Kier alpha value is -3.09. The number of hydrogen-bond acceptors (Lipinski definition) is 6. The van der Waals surface area contributed by atoms with E-state index in [-0.39, 0.29) is 41.5 Å². The third kappa shape index (κ3) is 4.74. The fourth-order valence-electron chi connectivity index (χ4n) is 4.75. The van der Waals surface area contributed by atoms with Crippen molar-refractivity contribution >= 4 is 21.6 Å². The molecule has 0 bridgehead atoms. The first-order chi connectivity index (χ1) is 16.3. The van der Waals surface area contributed by atoms with Crippen LogP contribution < -0.4 is 9.64 Å². The van der Waals surface area contributed by atoms with Gasteiger partial charge in [0, 0.05) is 32.6 Å². The highest BCUT2D eigenvalue weighted by Gasteiger charge is 2.35. The van der Waals surface area contributed by atoms with E-state index in [1.807, 2.05) is 30.3 Å². The van der Waals surface area contributed by atoms with Gasteiger partial charge in [-0.05, 0) is 44.0 Å². The maximum absolute atomic E-state index is 13.1. The van der Waals surface area contributed by atoms with Crippen LogP contribution in [0.4, 0.5) is 5.69 Å². The second kappa shape index (κ2) is 10.0. The zero-order valence-electron chi connectivity index (χ0n) is 19.6. The van der Waals surface area contributed by atoms with Crippen LogP contribution in [0.3, 0.4) is 0 Å². The molecule has 0 saturated carbocycles. The maximum atomic E-state index is 13.1. The average molecular weight is 483 g/mol.